The molecule has 70 valence electrons. The molecular weight excluding hydrogens is 205 g/mol. The Kier molecular flexibility index (Phi) is 2.39. The summed E-state index contributed by atoms with van der Waals surface area (Å²) >= 11 is 12.4. The first-order valence-corrected chi connectivity index (χ1v) is 5.18. The highest BCUT2D eigenvalue weighted by atomic mass is 35.5. The summed E-state index contributed by atoms with van der Waals surface area (Å²) in [5.41, 5.74) is 3.24. The summed E-state index contributed by atoms with van der Waals surface area (Å²) < 4.78 is 0. The van der Waals surface area contributed by atoms with E-state index in [1.54, 1.807) is 0 Å². The van der Waals surface area contributed by atoms with Gasteiger partial charge in [0.25, 0.3) is 0 Å². The molecular formula is C10H11Cl2N. The lowest BCUT2D eigenvalue weighted by atomic mass is 10.0. The first-order chi connectivity index (χ1) is 6.20. The number of hydrogen-bond acceptors (Lipinski definition) is 1. The van der Waals surface area contributed by atoms with Gasteiger partial charge in [-0.3, -0.25) is 0 Å². The molecule has 1 N–H and O–H groups in total. The van der Waals surface area contributed by atoms with Gasteiger partial charge in [0.2, 0.25) is 0 Å². The van der Waals surface area contributed by atoms with Gasteiger partial charge in [-0.15, -0.1) is 11.6 Å². The highest BCUT2D eigenvalue weighted by Crippen LogP contribution is 2.40. The summed E-state index contributed by atoms with van der Waals surface area (Å²) in [7, 11) is 0. The molecule has 13 heavy (non-hydrogen) atoms. The molecule has 0 saturated carbocycles. The van der Waals surface area contributed by atoms with Crippen molar-refractivity contribution in [1.29, 1.82) is 0 Å². The second-order valence-corrected chi connectivity index (χ2v) is 4.25. The van der Waals surface area contributed by atoms with Crippen LogP contribution in [-0.4, -0.2) is 6.54 Å². The van der Waals surface area contributed by atoms with E-state index in [9.17, 15) is 0 Å². The van der Waals surface area contributed by atoms with Crippen molar-refractivity contribution >= 4 is 28.9 Å². The van der Waals surface area contributed by atoms with Crippen molar-refractivity contribution in [3.8, 4) is 0 Å². The first-order valence-electron chi connectivity index (χ1n) is 4.37. The van der Waals surface area contributed by atoms with Gasteiger partial charge < -0.3 is 5.32 Å². The van der Waals surface area contributed by atoms with Gasteiger partial charge in [0.1, 0.15) is 0 Å². The number of anilines is 1. The van der Waals surface area contributed by atoms with Crippen LogP contribution >= 0.6 is 23.2 Å². The van der Waals surface area contributed by atoms with Crippen molar-refractivity contribution in [1.82, 2.24) is 0 Å². The molecule has 0 spiro atoms. The van der Waals surface area contributed by atoms with Crippen LogP contribution in [0.2, 0.25) is 5.02 Å². The third-order valence-electron chi connectivity index (χ3n) is 2.40. The zero-order valence-electron chi connectivity index (χ0n) is 7.40. The molecule has 3 heteroatoms. The lowest BCUT2D eigenvalue weighted by Gasteiger charge is -2.24. The molecule has 0 radical (unpaired) electrons. The SMILES string of the molecule is Cc1ccc2c(c1Cl)C(Cl)CCN2. The highest BCUT2D eigenvalue weighted by Gasteiger charge is 2.21. The Labute approximate surface area is 88.0 Å². The average molecular weight is 216 g/mol. The maximum absolute atomic E-state index is 6.20. The predicted molar refractivity (Wildman–Crippen MR) is 57.9 cm³/mol. The van der Waals surface area contributed by atoms with E-state index in [4.69, 9.17) is 23.2 Å². The molecule has 1 heterocycles. The monoisotopic (exact) mass is 215 g/mol. The van der Waals surface area contributed by atoms with E-state index in [-0.39, 0.29) is 5.38 Å². The van der Waals surface area contributed by atoms with Crippen LogP contribution in [0.1, 0.15) is 22.9 Å². The minimum Gasteiger partial charge on any atom is -0.385 e. The fraction of sp³-hybridized carbons (Fsp3) is 0.400. The average Bonchev–Trinajstić information content (AvgIpc) is 2.12. The maximum Gasteiger partial charge on any atom is 0.0637 e. The van der Waals surface area contributed by atoms with E-state index in [1.807, 2.05) is 19.1 Å². The maximum atomic E-state index is 6.20. The molecule has 0 saturated heterocycles. The zero-order chi connectivity index (χ0) is 9.42. The van der Waals surface area contributed by atoms with E-state index in [1.165, 1.54) is 0 Å². The number of fused-ring (bicyclic) bond motifs is 1. The van der Waals surface area contributed by atoms with Crippen LogP contribution in [0.3, 0.4) is 0 Å². The lowest BCUT2D eigenvalue weighted by Crippen LogP contribution is -2.14. The van der Waals surface area contributed by atoms with Crippen LogP contribution in [0.15, 0.2) is 12.1 Å². The molecule has 0 amide bonds. The molecule has 1 nitrogen and oxygen atoms in total. The zero-order valence-corrected chi connectivity index (χ0v) is 8.91. The van der Waals surface area contributed by atoms with Crippen LogP contribution in [0.25, 0.3) is 0 Å². The first kappa shape index (κ1) is 9.17. The number of aryl methyl sites for hydroxylation is 1. The number of benzene rings is 1. The van der Waals surface area contributed by atoms with Crippen molar-refractivity contribution in [2.45, 2.75) is 18.7 Å². The molecule has 2 rings (SSSR count). The Morgan fingerprint density at radius 3 is 3.00 bits per heavy atom. The topological polar surface area (TPSA) is 12.0 Å². The van der Waals surface area contributed by atoms with E-state index in [2.05, 4.69) is 5.32 Å². The van der Waals surface area contributed by atoms with Gasteiger partial charge >= 0.3 is 0 Å². The molecule has 1 aliphatic heterocycles. The highest BCUT2D eigenvalue weighted by molar-refractivity contribution is 6.34. The Morgan fingerprint density at radius 1 is 1.46 bits per heavy atom. The quantitative estimate of drug-likeness (QED) is 0.651. The van der Waals surface area contributed by atoms with Crippen LogP contribution in [0, 0.1) is 6.92 Å². The van der Waals surface area contributed by atoms with Gasteiger partial charge in [-0.25, -0.2) is 0 Å². The minimum absolute atomic E-state index is 0.0589. The van der Waals surface area contributed by atoms with Crippen molar-refractivity contribution < 1.29 is 0 Å². The van der Waals surface area contributed by atoms with Crippen molar-refractivity contribution in [3.05, 3.63) is 28.3 Å². The van der Waals surface area contributed by atoms with Crippen LogP contribution in [0.5, 0.6) is 0 Å². The Balaban J connectivity index is 2.58. The standard InChI is InChI=1S/C10H11Cl2N/c1-6-2-3-8-9(10(6)12)7(11)4-5-13-8/h2-3,7,13H,4-5H2,1H3. The second-order valence-electron chi connectivity index (χ2n) is 3.34. The third kappa shape index (κ3) is 1.51. The van der Waals surface area contributed by atoms with Gasteiger partial charge in [0, 0.05) is 17.8 Å². The molecule has 0 fully saturated rings. The molecule has 0 aromatic heterocycles. The Bertz CT molecular complexity index is 336. The largest absolute Gasteiger partial charge is 0.385 e. The smallest absolute Gasteiger partial charge is 0.0637 e. The van der Waals surface area contributed by atoms with Crippen molar-refractivity contribution in [2.24, 2.45) is 0 Å². The van der Waals surface area contributed by atoms with Gasteiger partial charge in [-0.1, -0.05) is 17.7 Å². The van der Waals surface area contributed by atoms with Crippen molar-refractivity contribution in [2.75, 3.05) is 11.9 Å². The molecule has 1 aromatic rings. The third-order valence-corrected chi connectivity index (χ3v) is 3.34. The number of alkyl halides is 1. The molecule has 1 atom stereocenters. The van der Waals surface area contributed by atoms with Gasteiger partial charge in [-0.2, -0.15) is 0 Å². The summed E-state index contributed by atoms with van der Waals surface area (Å²) in [5, 5.41) is 4.16. The summed E-state index contributed by atoms with van der Waals surface area (Å²) in [4.78, 5) is 0. The number of nitrogens with one attached hydrogen (secondary N) is 1. The molecule has 0 aliphatic carbocycles. The van der Waals surface area contributed by atoms with E-state index >= 15 is 0 Å². The van der Waals surface area contributed by atoms with Crippen LogP contribution in [0.4, 0.5) is 5.69 Å². The summed E-state index contributed by atoms with van der Waals surface area (Å²) in [6.45, 7) is 2.93. The lowest BCUT2D eigenvalue weighted by molar-refractivity contribution is 0.801. The summed E-state index contributed by atoms with van der Waals surface area (Å²) in [6, 6.07) is 4.06. The summed E-state index contributed by atoms with van der Waals surface area (Å²) in [6.07, 6.45) is 0.942. The van der Waals surface area contributed by atoms with Crippen LogP contribution < -0.4 is 5.32 Å². The van der Waals surface area contributed by atoms with E-state index in [0.29, 0.717) is 0 Å². The van der Waals surface area contributed by atoms with E-state index < -0.39 is 0 Å². The minimum atomic E-state index is 0.0589. The normalized spacial score (nSPS) is 20.7. The Hall–Kier alpha value is -0.400. The molecule has 1 aromatic carbocycles. The molecule has 1 unspecified atom stereocenters. The second kappa shape index (κ2) is 3.39. The molecule has 1 aliphatic rings. The number of hydrogen-bond donors (Lipinski definition) is 1. The van der Waals surface area contributed by atoms with Gasteiger partial charge in [0.15, 0.2) is 0 Å². The van der Waals surface area contributed by atoms with Crippen LogP contribution in [-0.2, 0) is 0 Å². The Morgan fingerprint density at radius 2 is 2.23 bits per heavy atom. The fourth-order valence-corrected chi connectivity index (χ4v) is 2.33. The van der Waals surface area contributed by atoms with Gasteiger partial charge in [-0.05, 0) is 25.0 Å². The van der Waals surface area contributed by atoms with E-state index in [0.717, 1.165) is 34.8 Å². The summed E-state index contributed by atoms with van der Waals surface area (Å²) in [5.74, 6) is 0. The molecule has 0 bridgehead atoms. The number of halogens is 2. The number of rotatable bonds is 0. The fourth-order valence-electron chi connectivity index (χ4n) is 1.64. The predicted octanol–water partition coefficient (Wildman–Crippen LogP) is 3.74. The van der Waals surface area contributed by atoms with Crippen molar-refractivity contribution in [3.63, 3.8) is 0 Å². The van der Waals surface area contributed by atoms with Gasteiger partial charge in [0.05, 0.1) is 10.4 Å².